The van der Waals surface area contributed by atoms with Gasteiger partial charge in [0.15, 0.2) is 0 Å². The molecule has 0 aliphatic heterocycles. The van der Waals surface area contributed by atoms with Gasteiger partial charge in [0, 0.05) is 6.54 Å². The van der Waals surface area contributed by atoms with Gasteiger partial charge >= 0.3 is 0 Å². The maximum absolute atomic E-state index is 13.2. The number of hydrogen-bond donors (Lipinski definition) is 2. The number of carbonyl (C=O) groups is 1. The van der Waals surface area contributed by atoms with Crippen molar-refractivity contribution >= 4 is 11.6 Å². The van der Waals surface area contributed by atoms with E-state index in [1.54, 1.807) is 0 Å². The zero-order chi connectivity index (χ0) is 13.8. The Hall–Kier alpha value is -1.49. The molecule has 1 aromatic carbocycles. The van der Waals surface area contributed by atoms with E-state index in [0.717, 1.165) is 12.1 Å². The molecule has 0 aromatic heterocycles. The van der Waals surface area contributed by atoms with E-state index in [0.29, 0.717) is 6.54 Å². The Morgan fingerprint density at radius 3 is 2.28 bits per heavy atom. The first kappa shape index (κ1) is 14.6. The summed E-state index contributed by atoms with van der Waals surface area (Å²) in [6.07, 6.45) is 0. The van der Waals surface area contributed by atoms with E-state index in [9.17, 15) is 13.6 Å². The van der Waals surface area contributed by atoms with Crippen LogP contribution in [0.5, 0.6) is 0 Å². The second kappa shape index (κ2) is 5.91. The van der Waals surface area contributed by atoms with Gasteiger partial charge in [0.1, 0.15) is 17.3 Å². The van der Waals surface area contributed by atoms with Gasteiger partial charge in [-0.1, -0.05) is 26.8 Å². The molecule has 18 heavy (non-hydrogen) atoms. The smallest absolute Gasteiger partial charge is 0.238 e. The van der Waals surface area contributed by atoms with Crippen LogP contribution in [0.2, 0.25) is 0 Å². The molecule has 0 radical (unpaired) electrons. The molecule has 1 aromatic rings. The summed E-state index contributed by atoms with van der Waals surface area (Å²) in [7, 11) is 0. The molecular weight excluding hydrogens is 238 g/mol. The Labute approximate surface area is 106 Å². The van der Waals surface area contributed by atoms with Crippen LogP contribution >= 0.6 is 0 Å². The van der Waals surface area contributed by atoms with Crippen molar-refractivity contribution in [3.8, 4) is 0 Å². The Morgan fingerprint density at radius 2 is 1.78 bits per heavy atom. The third-order valence-corrected chi connectivity index (χ3v) is 2.17. The average molecular weight is 256 g/mol. The van der Waals surface area contributed by atoms with Crippen LogP contribution < -0.4 is 10.6 Å². The monoisotopic (exact) mass is 256 g/mol. The molecule has 0 aliphatic carbocycles. The van der Waals surface area contributed by atoms with Crippen LogP contribution in [0.4, 0.5) is 14.5 Å². The molecular formula is C13H18F2N2O. The van der Waals surface area contributed by atoms with E-state index in [2.05, 4.69) is 10.6 Å². The third kappa shape index (κ3) is 4.79. The fourth-order valence-corrected chi connectivity index (χ4v) is 1.35. The van der Waals surface area contributed by atoms with Gasteiger partial charge in [0.05, 0.1) is 6.54 Å². The summed E-state index contributed by atoms with van der Waals surface area (Å²) in [6.45, 7) is 6.72. The van der Waals surface area contributed by atoms with Gasteiger partial charge in [-0.05, 0) is 17.5 Å². The highest BCUT2D eigenvalue weighted by Gasteiger charge is 2.13. The van der Waals surface area contributed by atoms with Crippen LogP contribution in [0.15, 0.2) is 18.2 Å². The highest BCUT2D eigenvalue weighted by molar-refractivity contribution is 5.92. The van der Waals surface area contributed by atoms with Gasteiger partial charge in [-0.15, -0.1) is 0 Å². The lowest BCUT2D eigenvalue weighted by molar-refractivity contribution is -0.115. The van der Waals surface area contributed by atoms with Crippen molar-refractivity contribution in [2.24, 2.45) is 5.41 Å². The summed E-state index contributed by atoms with van der Waals surface area (Å²) in [5.41, 5.74) is -0.358. The van der Waals surface area contributed by atoms with Crippen molar-refractivity contribution in [1.82, 2.24) is 5.32 Å². The molecule has 1 rings (SSSR count). The summed E-state index contributed by atoms with van der Waals surface area (Å²) < 4.78 is 26.5. The summed E-state index contributed by atoms with van der Waals surface area (Å²) >= 11 is 0. The lowest BCUT2D eigenvalue weighted by atomic mass is 9.97. The van der Waals surface area contributed by atoms with Crippen LogP contribution in [0.1, 0.15) is 20.8 Å². The third-order valence-electron chi connectivity index (χ3n) is 2.17. The first-order valence-electron chi connectivity index (χ1n) is 5.74. The molecule has 0 heterocycles. The topological polar surface area (TPSA) is 41.1 Å². The molecule has 0 saturated carbocycles. The predicted octanol–water partition coefficient (Wildman–Crippen LogP) is 2.54. The molecule has 100 valence electrons. The largest absolute Gasteiger partial charge is 0.320 e. The summed E-state index contributed by atoms with van der Waals surface area (Å²) in [4.78, 5) is 11.5. The minimum Gasteiger partial charge on any atom is -0.320 e. The van der Waals surface area contributed by atoms with Crippen LogP contribution in [0.3, 0.4) is 0 Å². The predicted molar refractivity (Wildman–Crippen MR) is 67.3 cm³/mol. The van der Waals surface area contributed by atoms with Crippen LogP contribution in [0, 0.1) is 17.0 Å². The molecule has 0 unspecified atom stereocenters. The van der Waals surface area contributed by atoms with Crippen LogP contribution in [-0.4, -0.2) is 19.0 Å². The highest BCUT2D eigenvalue weighted by atomic mass is 19.1. The molecule has 0 bridgehead atoms. The lowest BCUT2D eigenvalue weighted by Gasteiger charge is -2.18. The molecule has 0 spiro atoms. The van der Waals surface area contributed by atoms with Crippen molar-refractivity contribution in [2.45, 2.75) is 20.8 Å². The fraction of sp³-hybridized carbons (Fsp3) is 0.462. The lowest BCUT2D eigenvalue weighted by Crippen LogP contribution is -2.34. The van der Waals surface area contributed by atoms with Crippen molar-refractivity contribution in [2.75, 3.05) is 18.4 Å². The number of nitrogens with one attached hydrogen (secondary N) is 2. The van der Waals surface area contributed by atoms with Gasteiger partial charge in [-0.3, -0.25) is 4.79 Å². The number of hydrogen-bond acceptors (Lipinski definition) is 2. The Balaban J connectivity index is 2.50. The van der Waals surface area contributed by atoms with Crippen LogP contribution in [-0.2, 0) is 4.79 Å². The SMILES string of the molecule is CC(C)(C)CNCC(=O)Nc1c(F)cccc1F. The Bertz CT molecular complexity index is 407. The Kier molecular flexibility index (Phi) is 4.78. The minimum atomic E-state index is -0.779. The number of anilines is 1. The number of para-hydroxylation sites is 1. The molecule has 0 aliphatic rings. The van der Waals surface area contributed by atoms with Gasteiger partial charge in [-0.25, -0.2) is 8.78 Å². The van der Waals surface area contributed by atoms with Gasteiger partial charge < -0.3 is 10.6 Å². The fourth-order valence-electron chi connectivity index (χ4n) is 1.35. The highest BCUT2D eigenvalue weighted by Crippen LogP contribution is 2.17. The number of rotatable bonds is 4. The minimum absolute atomic E-state index is 0.0189. The summed E-state index contributed by atoms with van der Waals surface area (Å²) in [5, 5.41) is 5.14. The maximum Gasteiger partial charge on any atom is 0.238 e. The number of carbonyl (C=O) groups excluding carboxylic acids is 1. The number of benzene rings is 1. The van der Waals surface area contributed by atoms with E-state index in [1.807, 2.05) is 20.8 Å². The molecule has 2 N–H and O–H groups in total. The molecule has 0 saturated heterocycles. The van der Waals surface area contributed by atoms with Crippen LogP contribution in [0.25, 0.3) is 0 Å². The first-order chi connectivity index (χ1) is 8.29. The van der Waals surface area contributed by atoms with Gasteiger partial charge in [0.25, 0.3) is 0 Å². The molecule has 0 fully saturated rings. The Morgan fingerprint density at radius 1 is 1.22 bits per heavy atom. The quantitative estimate of drug-likeness (QED) is 0.869. The van der Waals surface area contributed by atoms with E-state index in [1.165, 1.54) is 6.07 Å². The second-order valence-corrected chi connectivity index (χ2v) is 5.31. The van der Waals surface area contributed by atoms with E-state index >= 15 is 0 Å². The average Bonchev–Trinajstić information content (AvgIpc) is 2.22. The zero-order valence-electron chi connectivity index (χ0n) is 10.8. The van der Waals surface area contributed by atoms with Crippen molar-refractivity contribution in [3.05, 3.63) is 29.8 Å². The molecule has 0 atom stereocenters. The summed E-state index contributed by atoms with van der Waals surface area (Å²) in [6, 6.07) is 3.45. The normalized spacial score (nSPS) is 11.4. The van der Waals surface area contributed by atoms with E-state index in [4.69, 9.17) is 0 Å². The van der Waals surface area contributed by atoms with E-state index < -0.39 is 23.2 Å². The van der Waals surface area contributed by atoms with Crippen molar-refractivity contribution in [3.63, 3.8) is 0 Å². The number of halogens is 2. The first-order valence-corrected chi connectivity index (χ1v) is 5.74. The molecule has 3 nitrogen and oxygen atoms in total. The van der Waals surface area contributed by atoms with Gasteiger partial charge in [-0.2, -0.15) is 0 Å². The molecule has 5 heteroatoms. The van der Waals surface area contributed by atoms with Gasteiger partial charge in [0.2, 0.25) is 5.91 Å². The van der Waals surface area contributed by atoms with E-state index in [-0.39, 0.29) is 12.0 Å². The number of amides is 1. The molecule has 1 amide bonds. The zero-order valence-corrected chi connectivity index (χ0v) is 10.8. The standard InChI is InChI=1S/C13H18F2N2O/c1-13(2,3)8-16-7-11(18)17-12-9(14)5-4-6-10(12)15/h4-6,16H,7-8H2,1-3H3,(H,17,18). The van der Waals surface area contributed by atoms with Crippen molar-refractivity contribution < 1.29 is 13.6 Å². The maximum atomic E-state index is 13.2. The summed E-state index contributed by atoms with van der Waals surface area (Å²) in [5.74, 6) is -2.03. The van der Waals surface area contributed by atoms with Crippen molar-refractivity contribution in [1.29, 1.82) is 0 Å². The second-order valence-electron chi connectivity index (χ2n) is 5.31.